The zero-order valence-electron chi connectivity index (χ0n) is 13.8. The van der Waals surface area contributed by atoms with Crippen LogP contribution in [0.5, 0.6) is 0 Å². The van der Waals surface area contributed by atoms with Gasteiger partial charge in [0.2, 0.25) is 5.91 Å². The third kappa shape index (κ3) is 4.15. The predicted octanol–water partition coefficient (Wildman–Crippen LogP) is 4.49. The van der Waals surface area contributed by atoms with Crippen LogP contribution < -0.4 is 10.6 Å². The molecule has 0 spiro atoms. The number of hydrogen-bond acceptors (Lipinski definition) is 4. The highest BCUT2D eigenvalue weighted by Crippen LogP contribution is 2.37. The average molecular weight is 364 g/mol. The van der Waals surface area contributed by atoms with Gasteiger partial charge in [-0.2, -0.15) is 0 Å². The van der Waals surface area contributed by atoms with Crippen molar-refractivity contribution in [3.8, 4) is 0 Å². The molecule has 4 nitrogen and oxygen atoms in total. The summed E-state index contributed by atoms with van der Waals surface area (Å²) < 4.78 is 0. The number of nitrogens with one attached hydrogen (secondary N) is 2. The van der Waals surface area contributed by atoms with Gasteiger partial charge in [-0.25, -0.2) is 4.98 Å². The quantitative estimate of drug-likeness (QED) is 0.822. The Labute approximate surface area is 151 Å². The van der Waals surface area contributed by atoms with Gasteiger partial charge in [-0.15, -0.1) is 11.3 Å². The number of aromatic nitrogens is 1. The molecule has 1 amide bonds. The maximum Gasteiger partial charge on any atom is 0.240 e. The van der Waals surface area contributed by atoms with Crippen molar-refractivity contribution in [3.05, 3.63) is 45.9 Å². The summed E-state index contributed by atoms with van der Waals surface area (Å²) >= 11 is 7.48. The Morgan fingerprint density at radius 1 is 1.25 bits per heavy atom. The lowest BCUT2D eigenvalue weighted by atomic mass is 9.76. The summed E-state index contributed by atoms with van der Waals surface area (Å²) in [5.74, 6) is -0.0525. The minimum absolute atomic E-state index is 0.0525. The Bertz CT molecular complexity index is 693. The molecule has 0 saturated heterocycles. The van der Waals surface area contributed by atoms with Gasteiger partial charge in [0, 0.05) is 15.9 Å². The first-order valence-electron chi connectivity index (χ1n) is 8.30. The number of rotatable bonds is 5. The lowest BCUT2D eigenvalue weighted by Crippen LogP contribution is -2.47. The van der Waals surface area contributed by atoms with Crippen LogP contribution in [-0.2, 0) is 10.3 Å². The second-order valence-electron chi connectivity index (χ2n) is 6.35. The topological polar surface area (TPSA) is 54.0 Å². The van der Waals surface area contributed by atoms with Crippen molar-refractivity contribution in [1.29, 1.82) is 0 Å². The summed E-state index contributed by atoms with van der Waals surface area (Å²) in [5.41, 5.74) is 2.00. The van der Waals surface area contributed by atoms with Gasteiger partial charge in [-0.3, -0.25) is 10.1 Å². The molecule has 3 rings (SSSR count). The molecule has 1 saturated carbocycles. The van der Waals surface area contributed by atoms with Crippen LogP contribution >= 0.6 is 22.9 Å². The van der Waals surface area contributed by atoms with Crippen LogP contribution in [0, 0.1) is 6.92 Å². The van der Waals surface area contributed by atoms with Gasteiger partial charge in [0.25, 0.3) is 0 Å². The number of carbonyl (C=O) groups excluding carboxylic acids is 1. The van der Waals surface area contributed by atoms with Gasteiger partial charge in [0.05, 0.1) is 12.2 Å². The fraction of sp³-hybridized carbons (Fsp3) is 0.444. The maximum absolute atomic E-state index is 12.3. The zero-order valence-corrected chi connectivity index (χ0v) is 15.3. The normalized spacial score (nSPS) is 16.8. The fourth-order valence-electron chi connectivity index (χ4n) is 3.32. The summed E-state index contributed by atoms with van der Waals surface area (Å²) in [6.07, 6.45) is 5.67. The SMILES string of the molecule is Cc1csc(NC(=O)CNC2(c3ccc(Cl)cc3)CCCCC2)n1. The number of thiazole rings is 1. The van der Waals surface area contributed by atoms with Gasteiger partial charge in [-0.05, 0) is 37.5 Å². The van der Waals surface area contributed by atoms with Crippen molar-refractivity contribution < 1.29 is 4.79 Å². The Morgan fingerprint density at radius 3 is 2.58 bits per heavy atom. The molecular formula is C18H22ClN3OS. The number of hydrogen-bond donors (Lipinski definition) is 2. The number of anilines is 1. The van der Waals surface area contributed by atoms with Crippen LogP contribution in [0.1, 0.15) is 43.4 Å². The number of aryl methyl sites for hydroxylation is 1. The molecule has 1 aliphatic rings. The van der Waals surface area contributed by atoms with Gasteiger partial charge < -0.3 is 5.32 Å². The van der Waals surface area contributed by atoms with E-state index in [4.69, 9.17) is 11.6 Å². The molecule has 2 N–H and O–H groups in total. The lowest BCUT2D eigenvalue weighted by Gasteiger charge is -2.39. The first-order valence-corrected chi connectivity index (χ1v) is 9.56. The molecule has 0 aliphatic heterocycles. The fourth-order valence-corrected chi connectivity index (χ4v) is 4.15. The largest absolute Gasteiger partial charge is 0.301 e. The number of carbonyl (C=O) groups is 1. The van der Waals surface area contributed by atoms with E-state index in [0.717, 1.165) is 23.6 Å². The first-order chi connectivity index (χ1) is 11.6. The van der Waals surface area contributed by atoms with E-state index in [1.165, 1.54) is 36.2 Å². The maximum atomic E-state index is 12.3. The third-order valence-corrected chi connectivity index (χ3v) is 5.68. The lowest BCUT2D eigenvalue weighted by molar-refractivity contribution is -0.115. The van der Waals surface area contributed by atoms with Crippen molar-refractivity contribution in [2.24, 2.45) is 0 Å². The van der Waals surface area contributed by atoms with E-state index >= 15 is 0 Å². The summed E-state index contributed by atoms with van der Waals surface area (Å²) in [5, 5.41) is 9.71. The van der Waals surface area contributed by atoms with Gasteiger partial charge in [-0.1, -0.05) is 43.0 Å². The average Bonchev–Trinajstić information content (AvgIpc) is 2.99. The molecule has 1 fully saturated rings. The zero-order chi connectivity index (χ0) is 17.0. The molecule has 0 bridgehead atoms. The van der Waals surface area contributed by atoms with E-state index in [-0.39, 0.29) is 18.0 Å². The molecule has 0 radical (unpaired) electrons. The highest BCUT2D eigenvalue weighted by molar-refractivity contribution is 7.13. The van der Waals surface area contributed by atoms with Crippen LogP contribution in [0.3, 0.4) is 0 Å². The van der Waals surface area contributed by atoms with Crippen LogP contribution in [0.4, 0.5) is 5.13 Å². The number of benzene rings is 1. The van der Waals surface area contributed by atoms with E-state index in [0.29, 0.717) is 5.13 Å². The van der Waals surface area contributed by atoms with E-state index in [1.54, 1.807) is 0 Å². The molecule has 6 heteroatoms. The van der Waals surface area contributed by atoms with E-state index in [2.05, 4.69) is 27.8 Å². The third-order valence-electron chi connectivity index (χ3n) is 4.56. The molecule has 1 aromatic heterocycles. The molecule has 1 aliphatic carbocycles. The van der Waals surface area contributed by atoms with Crippen molar-refractivity contribution in [1.82, 2.24) is 10.3 Å². The summed E-state index contributed by atoms with van der Waals surface area (Å²) in [7, 11) is 0. The summed E-state index contributed by atoms with van der Waals surface area (Å²) in [6, 6.07) is 7.99. The van der Waals surface area contributed by atoms with Crippen LogP contribution in [0.15, 0.2) is 29.6 Å². The molecular weight excluding hydrogens is 342 g/mol. The second kappa shape index (κ2) is 7.64. The molecule has 0 atom stereocenters. The molecule has 24 heavy (non-hydrogen) atoms. The Kier molecular flexibility index (Phi) is 5.54. The van der Waals surface area contributed by atoms with Crippen molar-refractivity contribution in [2.75, 3.05) is 11.9 Å². The Hall–Kier alpha value is -1.43. The molecule has 0 unspecified atom stereocenters. The number of nitrogens with zero attached hydrogens (tertiary/aromatic N) is 1. The second-order valence-corrected chi connectivity index (χ2v) is 7.64. The minimum atomic E-state index is -0.140. The van der Waals surface area contributed by atoms with E-state index in [1.807, 2.05) is 24.4 Å². The molecule has 1 heterocycles. The summed E-state index contributed by atoms with van der Waals surface area (Å²) in [4.78, 5) is 16.5. The highest BCUT2D eigenvalue weighted by Gasteiger charge is 2.33. The van der Waals surface area contributed by atoms with Crippen molar-refractivity contribution in [3.63, 3.8) is 0 Å². The number of amides is 1. The number of halogens is 1. The van der Waals surface area contributed by atoms with Gasteiger partial charge in [0.1, 0.15) is 0 Å². The Balaban J connectivity index is 1.68. The van der Waals surface area contributed by atoms with Crippen molar-refractivity contribution >= 4 is 34.0 Å². The highest BCUT2D eigenvalue weighted by atomic mass is 35.5. The summed E-state index contributed by atoms with van der Waals surface area (Å²) in [6.45, 7) is 2.20. The van der Waals surface area contributed by atoms with Crippen LogP contribution in [0.2, 0.25) is 5.02 Å². The minimum Gasteiger partial charge on any atom is -0.301 e. The van der Waals surface area contributed by atoms with E-state index < -0.39 is 0 Å². The molecule has 1 aromatic carbocycles. The monoisotopic (exact) mass is 363 g/mol. The predicted molar refractivity (Wildman–Crippen MR) is 99.7 cm³/mol. The standard InChI is InChI=1S/C18H22ClN3OS/c1-13-12-24-17(21-13)22-16(23)11-20-18(9-3-2-4-10-18)14-5-7-15(19)8-6-14/h5-8,12,20H,2-4,9-11H2,1H3,(H,21,22,23). The van der Waals surface area contributed by atoms with Crippen LogP contribution in [0.25, 0.3) is 0 Å². The first kappa shape index (κ1) is 17.4. The van der Waals surface area contributed by atoms with Crippen molar-refractivity contribution in [2.45, 2.75) is 44.6 Å². The van der Waals surface area contributed by atoms with Gasteiger partial charge >= 0.3 is 0 Å². The smallest absolute Gasteiger partial charge is 0.240 e. The Morgan fingerprint density at radius 2 is 1.96 bits per heavy atom. The van der Waals surface area contributed by atoms with Crippen LogP contribution in [-0.4, -0.2) is 17.4 Å². The molecule has 128 valence electrons. The van der Waals surface area contributed by atoms with Gasteiger partial charge in [0.15, 0.2) is 5.13 Å². The van der Waals surface area contributed by atoms with E-state index in [9.17, 15) is 4.79 Å². The molecule has 2 aromatic rings.